The number of imidazole rings is 1. The van der Waals surface area contributed by atoms with Crippen molar-refractivity contribution in [3.8, 4) is 17.5 Å². The summed E-state index contributed by atoms with van der Waals surface area (Å²) in [5.41, 5.74) is 3.14. The number of rotatable bonds is 4. The molecule has 26 heavy (non-hydrogen) atoms. The first-order chi connectivity index (χ1) is 12.8. The molecule has 0 amide bonds. The fourth-order valence-electron chi connectivity index (χ4n) is 3.44. The number of para-hydroxylation sites is 1. The maximum atomic E-state index is 9.74. The summed E-state index contributed by atoms with van der Waals surface area (Å²) in [6.07, 6.45) is 1.79. The standard InChI is InChI=1S/C21H21N5/c22-15-20(19-16-23-21(24-19)17-7-3-1-4-8-17)26-13-11-25(12-14-26)18-9-5-2-6-10-18/h1-10,16,20H,11-14H2,(H,23,24). The zero-order valence-electron chi connectivity index (χ0n) is 14.5. The van der Waals surface area contributed by atoms with Gasteiger partial charge < -0.3 is 9.88 Å². The molecule has 1 N–H and O–H groups in total. The molecule has 1 aromatic heterocycles. The van der Waals surface area contributed by atoms with E-state index in [1.54, 1.807) is 6.20 Å². The Labute approximate surface area is 153 Å². The molecule has 1 unspecified atom stereocenters. The summed E-state index contributed by atoms with van der Waals surface area (Å²) in [4.78, 5) is 12.4. The van der Waals surface area contributed by atoms with E-state index in [4.69, 9.17) is 0 Å². The molecule has 1 atom stereocenters. The van der Waals surface area contributed by atoms with E-state index in [2.05, 4.69) is 50.1 Å². The molecule has 1 fully saturated rings. The van der Waals surface area contributed by atoms with Gasteiger partial charge >= 0.3 is 0 Å². The van der Waals surface area contributed by atoms with Crippen LogP contribution in [0.3, 0.4) is 0 Å². The SMILES string of the molecule is N#CC(c1cnc(-c2ccccc2)[nH]1)N1CCN(c2ccccc2)CC1. The summed E-state index contributed by atoms with van der Waals surface area (Å²) < 4.78 is 0. The fourth-order valence-corrected chi connectivity index (χ4v) is 3.44. The van der Waals surface area contributed by atoms with Crippen LogP contribution in [0.4, 0.5) is 5.69 Å². The van der Waals surface area contributed by atoms with Gasteiger partial charge in [-0.15, -0.1) is 0 Å². The van der Waals surface area contributed by atoms with Gasteiger partial charge in [-0.25, -0.2) is 4.98 Å². The van der Waals surface area contributed by atoms with Crippen LogP contribution in [-0.2, 0) is 0 Å². The molecule has 0 aliphatic carbocycles. The predicted octanol–water partition coefficient (Wildman–Crippen LogP) is 3.46. The lowest BCUT2D eigenvalue weighted by atomic mass is 10.1. The summed E-state index contributed by atoms with van der Waals surface area (Å²) in [5, 5.41) is 9.74. The largest absolute Gasteiger partial charge is 0.369 e. The average Bonchev–Trinajstić information content (AvgIpc) is 3.20. The lowest BCUT2D eigenvalue weighted by Crippen LogP contribution is -2.47. The van der Waals surface area contributed by atoms with Crippen molar-refractivity contribution in [1.82, 2.24) is 14.9 Å². The maximum Gasteiger partial charge on any atom is 0.140 e. The quantitative estimate of drug-likeness (QED) is 0.788. The minimum Gasteiger partial charge on any atom is -0.369 e. The van der Waals surface area contributed by atoms with Gasteiger partial charge in [-0.3, -0.25) is 4.90 Å². The molecule has 2 aromatic carbocycles. The normalized spacial score (nSPS) is 16.2. The van der Waals surface area contributed by atoms with Gasteiger partial charge in [0.15, 0.2) is 0 Å². The number of nitrogens with one attached hydrogen (secondary N) is 1. The Morgan fingerprint density at radius 1 is 0.923 bits per heavy atom. The van der Waals surface area contributed by atoms with E-state index in [1.807, 2.05) is 36.4 Å². The molecular weight excluding hydrogens is 322 g/mol. The number of benzene rings is 2. The lowest BCUT2D eigenvalue weighted by molar-refractivity contribution is 0.219. The number of aromatic amines is 1. The van der Waals surface area contributed by atoms with Crippen molar-refractivity contribution in [2.45, 2.75) is 6.04 Å². The number of hydrogen-bond acceptors (Lipinski definition) is 4. The number of nitriles is 1. The highest BCUT2D eigenvalue weighted by Crippen LogP contribution is 2.24. The molecule has 0 spiro atoms. The van der Waals surface area contributed by atoms with Crippen molar-refractivity contribution in [1.29, 1.82) is 5.26 Å². The van der Waals surface area contributed by atoms with Crippen molar-refractivity contribution < 1.29 is 0 Å². The predicted molar refractivity (Wildman–Crippen MR) is 103 cm³/mol. The molecule has 2 heterocycles. The summed E-state index contributed by atoms with van der Waals surface area (Å²) in [5.74, 6) is 0.809. The Bertz CT molecular complexity index is 874. The molecule has 1 aliphatic heterocycles. The second-order valence-corrected chi connectivity index (χ2v) is 6.44. The van der Waals surface area contributed by atoms with Gasteiger partial charge in [-0.1, -0.05) is 48.5 Å². The molecule has 3 aromatic rings. The topological polar surface area (TPSA) is 59.0 Å². The summed E-state index contributed by atoms with van der Waals surface area (Å²) in [7, 11) is 0. The van der Waals surface area contributed by atoms with Crippen LogP contribution in [0.25, 0.3) is 11.4 Å². The third-order valence-corrected chi connectivity index (χ3v) is 4.86. The van der Waals surface area contributed by atoms with E-state index in [9.17, 15) is 5.26 Å². The number of aromatic nitrogens is 2. The van der Waals surface area contributed by atoms with Gasteiger partial charge in [0.05, 0.1) is 18.0 Å². The Morgan fingerprint density at radius 3 is 2.23 bits per heavy atom. The number of hydrogen-bond donors (Lipinski definition) is 1. The highest BCUT2D eigenvalue weighted by atomic mass is 15.3. The van der Waals surface area contributed by atoms with Crippen LogP contribution in [0.2, 0.25) is 0 Å². The van der Waals surface area contributed by atoms with Crippen LogP contribution in [0, 0.1) is 11.3 Å². The summed E-state index contributed by atoms with van der Waals surface area (Å²) in [6, 6.07) is 22.6. The Hall–Kier alpha value is -3.10. The molecule has 0 saturated carbocycles. The third kappa shape index (κ3) is 3.32. The fraction of sp³-hybridized carbons (Fsp3) is 0.238. The minimum absolute atomic E-state index is 0.294. The van der Waals surface area contributed by atoms with Crippen molar-refractivity contribution in [3.63, 3.8) is 0 Å². The number of anilines is 1. The summed E-state index contributed by atoms with van der Waals surface area (Å²) in [6.45, 7) is 3.55. The third-order valence-electron chi connectivity index (χ3n) is 4.86. The van der Waals surface area contributed by atoms with Crippen molar-refractivity contribution in [2.75, 3.05) is 31.1 Å². The van der Waals surface area contributed by atoms with E-state index >= 15 is 0 Å². The number of piperazine rings is 1. The molecule has 4 rings (SSSR count). The van der Waals surface area contributed by atoms with Crippen LogP contribution in [0.5, 0.6) is 0 Å². The first-order valence-corrected chi connectivity index (χ1v) is 8.89. The monoisotopic (exact) mass is 343 g/mol. The zero-order chi connectivity index (χ0) is 17.8. The van der Waals surface area contributed by atoms with Gasteiger partial charge in [0, 0.05) is 37.4 Å². The highest BCUT2D eigenvalue weighted by molar-refractivity contribution is 5.55. The van der Waals surface area contributed by atoms with Gasteiger partial charge in [0.1, 0.15) is 11.9 Å². The number of nitrogens with zero attached hydrogens (tertiary/aromatic N) is 4. The van der Waals surface area contributed by atoms with Crippen molar-refractivity contribution in [3.05, 3.63) is 72.6 Å². The van der Waals surface area contributed by atoms with E-state index in [-0.39, 0.29) is 6.04 Å². The van der Waals surface area contributed by atoms with E-state index in [0.29, 0.717) is 0 Å². The first-order valence-electron chi connectivity index (χ1n) is 8.89. The van der Waals surface area contributed by atoms with Crippen LogP contribution in [0.1, 0.15) is 11.7 Å². The van der Waals surface area contributed by atoms with Gasteiger partial charge in [-0.2, -0.15) is 5.26 Å². The zero-order valence-corrected chi connectivity index (χ0v) is 14.5. The molecular formula is C21H21N5. The second-order valence-electron chi connectivity index (χ2n) is 6.44. The van der Waals surface area contributed by atoms with Gasteiger partial charge in [0.25, 0.3) is 0 Å². The van der Waals surface area contributed by atoms with Gasteiger partial charge in [0.2, 0.25) is 0 Å². The molecule has 130 valence electrons. The molecule has 0 bridgehead atoms. The first kappa shape index (κ1) is 16.4. The molecule has 5 nitrogen and oxygen atoms in total. The van der Waals surface area contributed by atoms with Gasteiger partial charge in [-0.05, 0) is 12.1 Å². The van der Waals surface area contributed by atoms with Crippen molar-refractivity contribution >= 4 is 5.69 Å². The second kappa shape index (κ2) is 7.42. The molecule has 5 heteroatoms. The maximum absolute atomic E-state index is 9.74. The minimum atomic E-state index is -0.294. The van der Waals surface area contributed by atoms with Crippen LogP contribution >= 0.6 is 0 Å². The lowest BCUT2D eigenvalue weighted by Gasteiger charge is -2.37. The molecule has 0 radical (unpaired) electrons. The highest BCUT2D eigenvalue weighted by Gasteiger charge is 2.26. The van der Waals surface area contributed by atoms with Crippen LogP contribution < -0.4 is 4.90 Å². The smallest absolute Gasteiger partial charge is 0.140 e. The Morgan fingerprint density at radius 2 is 1.58 bits per heavy atom. The molecule has 1 saturated heterocycles. The van der Waals surface area contributed by atoms with Crippen LogP contribution in [-0.4, -0.2) is 41.0 Å². The van der Waals surface area contributed by atoms with E-state index < -0.39 is 0 Å². The Balaban J connectivity index is 1.46. The molecule has 1 aliphatic rings. The number of H-pyrrole nitrogens is 1. The van der Waals surface area contributed by atoms with E-state index in [1.165, 1.54) is 5.69 Å². The Kier molecular flexibility index (Phi) is 4.67. The average molecular weight is 343 g/mol. The van der Waals surface area contributed by atoms with E-state index in [0.717, 1.165) is 43.3 Å². The van der Waals surface area contributed by atoms with Crippen molar-refractivity contribution in [2.24, 2.45) is 0 Å². The summed E-state index contributed by atoms with van der Waals surface area (Å²) >= 11 is 0. The van der Waals surface area contributed by atoms with Crippen LogP contribution in [0.15, 0.2) is 66.9 Å².